The number of carbonyl (C=O) groups is 1. The van der Waals surface area contributed by atoms with Crippen LogP contribution in [0.2, 0.25) is 0 Å². The molecule has 3 aromatic heterocycles. The minimum absolute atomic E-state index is 0.00662. The second kappa shape index (κ2) is 6.96. The van der Waals surface area contributed by atoms with Gasteiger partial charge in [0.1, 0.15) is 11.8 Å². The van der Waals surface area contributed by atoms with Gasteiger partial charge in [-0.15, -0.1) is 0 Å². The maximum Gasteiger partial charge on any atom is 0.429 e. The normalized spacial score (nSPS) is 13.8. The third-order valence-electron chi connectivity index (χ3n) is 5.13. The summed E-state index contributed by atoms with van der Waals surface area (Å²) in [6.07, 6.45) is -4.50. The first-order valence-electron chi connectivity index (χ1n) is 9.00. The topological polar surface area (TPSA) is 137 Å². The highest BCUT2D eigenvalue weighted by molar-refractivity contribution is 5.95. The molecule has 0 radical (unpaired) electrons. The van der Waals surface area contributed by atoms with E-state index in [4.69, 9.17) is 10.00 Å². The smallest absolute Gasteiger partial charge is 0.429 e. The minimum Gasteiger partial charge on any atom is -0.496 e. The summed E-state index contributed by atoms with van der Waals surface area (Å²) in [6, 6.07) is 5.43. The van der Waals surface area contributed by atoms with Crippen molar-refractivity contribution in [3.05, 3.63) is 53.1 Å². The number of halogens is 3. The zero-order chi connectivity index (χ0) is 23.4. The molecule has 164 valence electrons. The fourth-order valence-electron chi connectivity index (χ4n) is 3.73. The van der Waals surface area contributed by atoms with Crippen LogP contribution in [0, 0.1) is 18.3 Å². The highest BCUT2D eigenvalue weighted by Crippen LogP contribution is 2.50. The monoisotopic (exact) mass is 445 g/mol. The Morgan fingerprint density at radius 3 is 2.66 bits per heavy atom. The molecule has 0 fully saturated rings. The number of alkyl halides is 3. The molecule has 9 nitrogen and oxygen atoms in total. The van der Waals surface area contributed by atoms with Gasteiger partial charge in [-0.25, -0.2) is 14.8 Å². The van der Waals surface area contributed by atoms with Crippen LogP contribution in [-0.4, -0.2) is 49.1 Å². The summed E-state index contributed by atoms with van der Waals surface area (Å²) in [7, 11) is 1.13. The molecule has 0 aliphatic rings. The molecular weight excluding hydrogens is 431 g/mol. The van der Waals surface area contributed by atoms with Crippen LogP contribution in [0.1, 0.15) is 22.5 Å². The Balaban J connectivity index is 2.13. The molecule has 3 heterocycles. The SMILES string of the molecule is COc1cc(C)c2c(ccn2C(=O)O)c1C(O)(c1nc2ncc(C#N)cc2[nH]1)C(F)(F)F. The van der Waals surface area contributed by atoms with E-state index in [-0.39, 0.29) is 33.4 Å². The maximum atomic E-state index is 14.5. The Kier molecular flexibility index (Phi) is 4.60. The van der Waals surface area contributed by atoms with Gasteiger partial charge >= 0.3 is 12.3 Å². The number of fused-ring (bicyclic) bond motifs is 2. The zero-order valence-corrected chi connectivity index (χ0v) is 16.5. The molecule has 0 aliphatic heterocycles. The molecule has 3 N–H and O–H groups in total. The number of aliphatic hydroxyl groups is 1. The Morgan fingerprint density at radius 2 is 2.06 bits per heavy atom. The van der Waals surface area contributed by atoms with Crippen molar-refractivity contribution in [3.8, 4) is 11.8 Å². The Bertz CT molecular complexity index is 1430. The number of aryl methyl sites for hydroxylation is 1. The summed E-state index contributed by atoms with van der Waals surface area (Å²) in [4.78, 5) is 21.7. The van der Waals surface area contributed by atoms with Crippen LogP contribution in [0.5, 0.6) is 5.75 Å². The van der Waals surface area contributed by atoms with E-state index in [9.17, 15) is 28.2 Å². The number of aromatic amines is 1. The lowest BCUT2D eigenvalue weighted by atomic mass is 9.87. The average molecular weight is 445 g/mol. The van der Waals surface area contributed by atoms with Gasteiger partial charge in [-0.05, 0) is 30.7 Å². The molecule has 0 spiro atoms. The number of ether oxygens (including phenoxy) is 1. The molecule has 1 atom stereocenters. The van der Waals surface area contributed by atoms with Crippen LogP contribution in [0.15, 0.2) is 30.6 Å². The van der Waals surface area contributed by atoms with E-state index in [0.717, 1.165) is 30.1 Å². The van der Waals surface area contributed by atoms with Crippen LogP contribution in [0.25, 0.3) is 22.1 Å². The average Bonchev–Trinajstić information content (AvgIpc) is 3.36. The van der Waals surface area contributed by atoms with Crippen LogP contribution in [0.4, 0.5) is 18.0 Å². The van der Waals surface area contributed by atoms with Crippen molar-refractivity contribution in [2.45, 2.75) is 18.7 Å². The van der Waals surface area contributed by atoms with E-state index in [1.807, 2.05) is 6.07 Å². The number of pyridine rings is 1. The van der Waals surface area contributed by atoms with Crippen LogP contribution >= 0.6 is 0 Å². The number of H-pyrrole nitrogens is 1. The highest BCUT2D eigenvalue weighted by Gasteiger charge is 2.61. The zero-order valence-electron chi connectivity index (χ0n) is 16.5. The van der Waals surface area contributed by atoms with E-state index in [2.05, 4.69) is 15.0 Å². The molecule has 4 aromatic rings. The van der Waals surface area contributed by atoms with Gasteiger partial charge in [0.15, 0.2) is 11.5 Å². The second-order valence-corrected chi connectivity index (χ2v) is 7.00. The van der Waals surface area contributed by atoms with Crippen LogP contribution < -0.4 is 4.74 Å². The molecule has 12 heteroatoms. The predicted octanol–water partition coefficient (Wildman–Crippen LogP) is 3.43. The number of carboxylic acid groups (broad SMARTS) is 1. The molecule has 32 heavy (non-hydrogen) atoms. The van der Waals surface area contributed by atoms with E-state index in [1.54, 1.807) is 0 Å². The molecular formula is C20H14F3N5O4. The molecule has 0 aliphatic carbocycles. The quantitative estimate of drug-likeness (QED) is 0.439. The Hall–Kier alpha value is -4.11. The van der Waals surface area contributed by atoms with Gasteiger partial charge in [-0.1, -0.05) is 0 Å². The summed E-state index contributed by atoms with van der Waals surface area (Å²) >= 11 is 0. The number of aromatic nitrogens is 4. The summed E-state index contributed by atoms with van der Waals surface area (Å²) in [6.45, 7) is 1.51. The number of rotatable bonds is 3. The maximum absolute atomic E-state index is 14.5. The first-order valence-corrected chi connectivity index (χ1v) is 9.00. The Labute approximate surface area is 177 Å². The molecule has 4 rings (SSSR count). The fourth-order valence-corrected chi connectivity index (χ4v) is 3.73. The van der Waals surface area contributed by atoms with Crippen LogP contribution in [-0.2, 0) is 5.60 Å². The van der Waals surface area contributed by atoms with Gasteiger partial charge in [0, 0.05) is 17.8 Å². The van der Waals surface area contributed by atoms with Crippen molar-refractivity contribution in [2.75, 3.05) is 7.11 Å². The number of nitrogens with one attached hydrogen (secondary N) is 1. The van der Waals surface area contributed by atoms with Crippen molar-refractivity contribution in [1.82, 2.24) is 19.5 Å². The van der Waals surface area contributed by atoms with Gasteiger partial charge in [-0.2, -0.15) is 18.4 Å². The lowest BCUT2D eigenvalue weighted by Crippen LogP contribution is -2.44. The largest absolute Gasteiger partial charge is 0.496 e. The number of hydrogen-bond donors (Lipinski definition) is 3. The van der Waals surface area contributed by atoms with E-state index in [1.165, 1.54) is 19.1 Å². The summed E-state index contributed by atoms with van der Waals surface area (Å²) in [5.74, 6) is -1.22. The van der Waals surface area contributed by atoms with Crippen molar-refractivity contribution in [2.24, 2.45) is 0 Å². The van der Waals surface area contributed by atoms with Gasteiger partial charge in [0.05, 0.1) is 29.3 Å². The second-order valence-electron chi connectivity index (χ2n) is 7.00. The first-order chi connectivity index (χ1) is 15.0. The molecule has 0 amide bonds. The third-order valence-corrected chi connectivity index (χ3v) is 5.13. The highest BCUT2D eigenvalue weighted by atomic mass is 19.4. The fraction of sp³-hybridized carbons (Fsp3) is 0.200. The number of hydrogen-bond acceptors (Lipinski definition) is 6. The number of imidazole rings is 1. The van der Waals surface area contributed by atoms with Gasteiger partial charge in [0.2, 0.25) is 5.60 Å². The summed E-state index contributed by atoms with van der Waals surface area (Å²) < 4.78 is 49.4. The van der Waals surface area contributed by atoms with E-state index in [0.29, 0.717) is 5.56 Å². The summed E-state index contributed by atoms with van der Waals surface area (Å²) in [5.41, 5.74) is -4.23. The van der Waals surface area contributed by atoms with E-state index >= 15 is 0 Å². The number of methoxy groups -OCH3 is 1. The van der Waals surface area contributed by atoms with Gasteiger partial charge in [-0.3, -0.25) is 4.57 Å². The van der Waals surface area contributed by atoms with Gasteiger partial charge in [0.25, 0.3) is 0 Å². The lowest BCUT2D eigenvalue weighted by Gasteiger charge is -2.31. The van der Waals surface area contributed by atoms with Crippen molar-refractivity contribution in [1.29, 1.82) is 5.26 Å². The molecule has 0 saturated heterocycles. The van der Waals surface area contributed by atoms with Crippen molar-refractivity contribution >= 4 is 28.2 Å². The molecule has 0 saturated carbocycles. The van der Waals surface area contributed by atoms with E-state index < -0.39 is 29.3 Å². The predicted molar refractivity (Wildman–Crippen MR) is 104 cm³/mol. The molecule has 1 unspecified atom stereocenters. The van der Waals surface area contributed by atoms with Crippen LogP contribution in [0.3, 0.4) is 0 Å². The number of nitrogens with zero attached hydrogens (tertiary/aromatic N) is 4. The number of benzene rings is 1. The standard InChI is InChI=1S/C20H14F3N5O4/c1-9-5-13(32-2)14(11-3-4-28(15(9)11)18(29)30)19(31,20(21,22)23)17-26-12-6-10(7-24)8-25-16(12)27-17/h3-6,8,31H,1-2H3,(H,29,30)(H,25,26,27). The van der Waals surface area contributed by atoms with Crippen molar-refractivity contribution < 1.29 is 32.9 Å². The lowest BCUT2D eigenvalue weighted by molar-refractivity contribution is -0.250. The Morgan fingerprint density at radius 1 is 1.34 bits per heavy atom. The first kappa shape index (κ1) is 21.1. The third kappa shape index (κ3) is 2.86. The van der Waals surface area contributed by atoms with Crippen molar-refractivity contribution in [3.63, 3.8) is 0 Å². The van der Waals surface area contributed by atoms with Gasteiger partial charge < -0.3 is 19.9 Å². The molecule has 1 aromatic carbocycles. The number of nitriles is 1. The minimum atomic E-state index is -5.31. The molecule has 0 bridgehead atoms. The summed E-state index contributed by atoms with van der Waals surface area (Å²) in [5, 5.41) is 29.5.